The van der Waals surface area contributed by atoms with E-state index in [1.165, 1.54) is 24.3 Å². The molecule has 0 spiro atoms. The van der Waals surface area contributed by atoms with E-state index < -0.39 is 22.5 Å². The van der Waals surface area contributed by atoms with Crippen LogP contribution in [0.25, 0.3) is 0 Å². The first kappa shape index (κ1) is 17.5. The average Bonchev–Trinajstić information content (AvgIpc) is 2.55. The first-order valence-corrected chi connectivity index (χ1v) is 7.20. The fourth-order valence-corrected chi connectivity index (χ4v) is 2.16. The van der Waals surface area contributed by atoms with Gasteiger partial charge in [-0.25, -0.2) is 8.78 Å². The average molecular weight is 336 g/mol. The lowest BCUT2D eigenvalue weighted by Crippen LogP contribution is -2.86. The Labute approximate surface area is 136 Å². The number of quaternary nitrogens is 1. The summed E-state index contributed by atoms with van der Waals surface area (Å²) in [5.41, 5.74) is 0.452. The second kappa shape index (κ2) is 7.60. The van der Waals surface area contributed by atoms with E-state index in [4.69, 9.17) is 0 Å². The maximum absolute atomic E-state index is 13.2. The number of benzene rings is 2. The zero-order valence-electron chi connectivity index (χ0n) is 12.8. The van der Waals surface area contributed by atoms with Crippen LogP contribution in [0.15, 0.2) is 42.5 Å². The number of nitrogens with two attached hydrogens (primary N) is 1. The van der Waals surface area contributed by atoms with Gasteiger partial charge in [0.05, 0.1) is 4.92 Å². The molecule has 6 nitrogen and oxygen atoms in total. The summed E-state index contributed by atoms with van der Waals surface area (Å²) in [5.74, 6) is -2.31. The van der Waals surface area contributed by atoms with Gasteiger partial charge in [-0.1, -0.05) is 12.1 Å². The molecule has 2 aromatic rings. The highest BCUT2D eigenvalue weighted by molar-refractivity contribution is 5.93. The molecule has 1 amide bonds. The summed E-state index contributed by atoms with van der Waals surface area (Å²) < 4.78 is 26.1. The van der Waals surface area contributed by atoms with Crippen LogP contribution >= 0.6 is 0 Å². The third-order valence-electron chi connectivity index (χ3n) is 3.50. The van der Waals surface area contributed by atoms with Crippen LogP contribution in [0.5, 0.6) is 0 Å². The van der Waals surface area contributed by atoms with E-state index in [0.29, 0.717) is 5.56 Å². The van der Waals surface area contributed by atoms with Gasteiger partial charge >= 0.3 is 0 Å². The highest BCUT2D eigenvalue weighted by atomic mass is 19.2. The molecule has 0 bridgehead atoms. The van der Waals surface area contributed by atoms with E-state index in [1.54, 1.807) is 18.3 Å². The topological polar surface area (TPSA) is 88.8 Å². The normalized spacial score (nSPS) is 11.8. The molecule has 0 saturated heterocycles. The van der Waals surface area contributed by atoms with Crippen molar-refractivity contribution in [1.82, 2.24) is 0 Å². The minimum atomic E-state index is -0.947. The van der Waals surface area contributed by atoms with Gasteiger partial charge < -0.3 is 10.6 Å². The van der Waals surface area contributed by atoms with Gasteiger partial charge in [-0.05, 0) is 31.2 Å². The van der Waals surface area contributed by atoms with Gasteiger partial charge in [-0.2, -0.15) is 0 Å². The Morgan fingerprint density at radius 1 is 1.25 bits per heavy atom. The maximum atomic E-state index is 13.2. The number of nitro benzene ring substituents is 1. The van der Waals surface area contributed by atoms with Gasteiger partial charge in [-0.15, -0.1) is 0 Å². The summed E-state index contributed by atoms with van der Waals surface area (Å²) in [6.45, 7) is 1.72. The standard InChI is InChI=1S/C16H15F2N3O3/c1-10(11-6-7-12(17)13(18)8-11)19-9-16(22)20-14-4-2-3-5-15(14)21(23)24/h2-8,10,19H,9H2,1H3,(H,20,22)/p+1/t10-/m0/s1. The Hall–Kier alpha value is -2.87. The third-order valence-corrected chi connectivity index (χ3v) is 3.50. The number of hydrogen-bond acceptors (Lipinski definition) is 3. The van der Waals surface area contributed by atoms with Crippen LogP contribution in [0.2, 0.25) is 0 Å². The number of carbonyl (C=O) groups excluding carboxylic acids is 1. The third kappa shape index (κ3) is 4.32. The Bertz CT molecular complexity index is 768. The van der Waals surface area contributed by atoms with Gasteiger partial charge in [0.25, 0.3) is 11.6 Å². The number of hydrogen-bond donors (Lipinski definition) is 2. The molecule has 0 unspecified atom stereocenters. The molecule has 0 aliphatic heterocycles. The monoisotopic (exact) mass is 336 g/mol. The van der Waals surface area contributed by atoms with E-state index >= 15 is 0 Å². The molecule has 0 aliphatic rings. The second-order valence-corrected chi connectivity index (χ2v) is 5.22. The summed E-state index contributed by atoms with van der Waals surface area (Å²) in [4.78, 5) is 22.3. The van der Waals surface area contributed by atoms with Crippen LogP contribution in [0.4, 0.5) is 20.2 Å². The lowest BCUT2D eigenvalue weighted by Gasteiger charge is -2.11. The van der Waals surface area contributed by atoms with Crippen LogP contribution < -0.4 is 10.6 Å². The number of rotatable bonds is 6. The SMILES string of the molecule is C[C@H]([NH2+]CC(=O)Nc1ccccc1[N+](=O)[O-])c1ccc(F)c(F)c1. The highest BCUT2D eigenvalue weighted by Crippen LogP contribution is 2.22. The highest BCUT2D eigenvalue weighted by Gasteiger charge is 2.17. The summed E-state index contributed by atoms with van der Waals surface area (Å²) >= 11 is 0. The molecule has 24 heavy (non-hydrogen) atoms. The van der Waals surface area contributed by atoms with Crippen molar-refractivity contribution in [2.45, 2.75) is 13.0 Å². The van der Waals surface area contributed by atoms with Crippen molar-refractivity contribution in [3.05, 3.63) is 69.8 Å². The predicted octanol–water partition coefficient (Wildman–Crippen LogP) is 2.14. The van der Waals surface area contributed by atoms with E-state index in [-0.39, 0.29) is 24.0 Å². The first-order chi connectivity index (χ1) is 11.4. The van der Waals surface area contributed by atoms with Crippen molar-refractivity contribution in [2.75, 3.05) is 11.9 Å². The van der Waals surface area contributed by atoms with Crippen LogP contribution in [0.1, 0.15) is 18.5 Å². The minimum Gasteiger partial charge on any atom is -0.333 e. The number of para-hydroxylation sites is 2. The Morgan fingerprint density at radius 3 is 2.62 bits per heavy atom. The summed E-state index contributed by atoms with van der Waals surface area (Å²) in [7, 11) is 0. The lowest BCUT2D eigenvalue weighted by molar-refractivity contribution is -0.682. The van der Waals surface area contributed by atoms with Crippen molar-refractivity contribution in [2.24, 2.45) is 0 Å². The number of nitrogens with one attached hydrogen (secondary N) is 1. The van der Waals surface area contributed by atoms with Crippen molar-refractivity contribution in [3.8, 4) is 0 Å². The fourth-order valence-electron chi connectivity index (χ4n) is 2.16. The molecule has 1 atom stereocenters. The van der Waals surface area contributed by atoms with Crippen molar-refractivity contribution >= 4 is 17.3 Å². The van der Waals surface area contributed by atoms with E-state index in [0.717, 1.165) is 12.1 Å². The Balaban J connectivity index is 1.96. The summed E-state index contributed by atoms with van der Waals surface area (Å²) in [5, 5.41) is 15.0. The van der Waals surface area contributed by atoms with Crippen molar-refractivity contribution < 1.29 is 23.8 Å². The quantitative estimate of drug-likeness (QED) is 0.626. The van der Waals surface area contributed by atoms with Crippen molar-refractivity contribution in [1.29, 1.82) is 0 Å². The minimum absolute atomic E-state index is 0.0216. The van der Waals surface area contributed by atoms with E-state index in [9.17, 15) is 23.7 Å². The molecule has 126 valence electrons. The Morgan fingerprint density at radius 2 is 1.96 bits per heavy atom. The van der Waals surface area contributed by atoms with Crippen LogP contribution in [0, 0.1) is 21.7 Å². The lowest BCUT2D eigenvalue weighted by atomic mass is 10.1. The van der Waals surface area contributed by atoms with E-state index in [2.05, 4.69) is 5.32 Å². The molecular formula is C16H16F2N3O3+. The Kier molecular flexibility index (Phi) is 5.54. The van der Waals surface area contributed by atoms with Crippen molar-refractivity contribution in [3.63, 3.8) is 0 Å². The number of nitrogens with zero attached hydrogens (tertiary/aromatic N) is 1. The van der Waals surface area contributed by atoms with E-state index in [1.807, 2.05) is 0 Å². The van der Waals surface area contributed by atoms with Gasteiger partial charge in [0.2, 0.25) is 0 Å². The summed E-state index contributed by atoms with van der Waals surface area (Å²) in [6, 6.07) is 9.09. The van der Waals surface area contributed by atoms with Crippen LogP contribution in [-0.4, -0.2) is 17.4 Å². The number of anilines is 1. The van der Waals surface area contributed by atoms with Gasteiger partial charge in [-0.3, -0.25) is 14.9 Å². The van der Waals surface area contributed by atoms with Gasteiger partial charge in [0.15, 0.2) is 18.2 Å². The predicted molar refractivity (Wildman–Crippen MR) is 83.3 cm³/mol. The maximum Gasteiger partial charge on any atom is 0.292 e. The van der Waals surface area contributed by atoms with Crippen LogP contribution in [0.3, 0.4) is 0 Å². The molecule has 0 fully saturated rings. The first-order valence-electron chi connectivity index (χ1n) is 7.20. The number of carbonyl (C=O) groups is 1. The fraction of sp³-hybridized carbons (Fsp3) is 0.188. The summed E-state index contributed by atoms with van der Waals surface area (Å²) in [6.07, 6.45) is 0. The van der Waals surface area contributed by atoms with Gasteiger partial charge in [0.1, 0.15) is 11.7 Å². The molecule has 8 heteroatoms. The van der Waals surface area contributed by atoms with Gasteiger partial charge in [0, 0.05) is 11.6 Å². The molecule has 0 aliphatic carbocycles. The van der Waals surface area contributed by atoms with Crippen LogP contribution in [-0.2, 0) is 4.79 Å². The molecule has 2 aromatic carbocycles. The molecule has 0 heterocycles. The molecular weight excluding hydrogens is 320 g/mol. The number of nitro groups is 1. The number of amides is 1. The zero-order valence-corrected chi connectivity index (χ0v) is 12.8. The molecule has 0 saturated carbocycles. The molecule has 0 aromatic heterocycles. The molecule has 2 rings (SSSR count). The molecule has 3 N–H and O–H groups in total. The smallest absolute Gasteiger partial charge is 0.292 e. The molecule has 0 radical (unpaired) electrons. The number of halogens is 2. The largest absolute Gasteiger partial charge is 0.333 e. The second-order valence-electron chi connectivity index (χ2n) is 5.22. The zero-order chi connectivity index (χ0) is 17.7.